The summed E-state index contributed by atoms with van der Waals surface area (Å²) >= 11 is 0. The van der Waals surface area contributed by atoms with Gasteiger partial charge in [-0.2, -0.15) is 0 Å². The SMILES string of the molecule is CCCCCNCOCCOCC(C)(C)C. The van der Waals surface area contributed by atoms with Crippen molar-refractivity contribution in [3.05, 3.63) is 0 Å². The van der Waals surface area contributed by atoms with Crippen LogP contribution in [0.1, 0.15) is 47.0 Å². The molecular formula is C13H29NO2. The fourth-order valence-corrected chi connectivity index (χ4v) is 1.21. The maximum Gasteiger partial charge on any atom is 0.0966 e. The summed E-state index contributed by atoms with van der Waals surface area (Å²) in [5.41, 5.74) is 0.248. The molecule has 0 fully saturated rings. The molecule has 0 saturated heterocycles. The van der Waals surface area contributed by atoms with Crippen LogP contribution in [-0.4, -0.2) is 33.1 Å². The summed E-state index contributed by atoms with van der Waals surface area (Å²) in [5.74, 6) is 0. The molecule has 0 aromatic rings. The predicted octanol–water partition coefficient (Wildman–Crippen LogP) is 2.80. The first-order valence-corrected chi connectivity index (χ1v) is 6.42. The number of hydrogen-bond acceptors (Lipinski definition) is 3. The lowest BCUT2D eigenvalue weighted by atomic mass is 9.99. The molecule has 0 unspecified atom stereocenters. The summed E-state index contributed by atoms with van der Waals surface area (Å²) in [6.45, 7) is 12.6. The Hall–Kier alpha value is -0.120. The molecule has 1 N–H and O–H groups in total. The van der Waals surface area contributed by atoms with Gasteiger partial charge in [0.2, 0.25) is 0 Å². The normalized spacial score (nSPS) is 12.0. The second kappa shape index (κ2) is 10.1. The Morgan fingerprint density at radius 3 is 2.31 bits per heavy atom. The molecule has 3 nitrogen and oxygen atoms in total. The third kappa shape index (κ3) is 13.9. The molecule has 0 aliphatic heterocycles. The number of rotatable bonds is 10. The van der Waals surface area contributed by atoms with Crippen molar-refractivity contribution >= 4 is 0 Å². The maximum atomic E-state index is 5.49. The van der Waals surface area contributed by atoms with Crippen LogP contribution in [0.3, 0.4) is 0 Å². The molecule has 0 spiro atoms. The van der Waals surface area contributed by atoms with Gasteiger partial charge in [-0.25, -0.2) is 0 Å². The summed E-state index contributed by atoms with van der Waals surface area (Å²) in [6, 6.07) is 0. The zero-order valence-electron chi connectivity index (χ0n) is 11.5. The standard InChI is InChI=1S/C13H29NO2/c1-5-6-7-8-14-12-16-10-9-15-11-13(2,3)4/h14H,5-12H2,1-4H3. The molecule has 0 rings (SSSR count). The Kier molecular flexibility index (Phi) is 9.99. The van der Waals surface area contributed by atoms with E-state index in [1.54, 1.807) is 0 Å². The summed E-state index contributed by atoms with van der Waals surface area (Å²) in [4.78, 5) is 0. The first-order chi connectivity index (χ1) is 7.56. The Bertz CT molecular complexity index is 143. The van der Waals surface area contributed by atoms with Crippen LogP contribution in [0.2, 0.25) is 0 Å². The lowest BCUT2D eigenvalue weighted by Crippen LogP contribution is -2.22. The lowest BCUT2D eigenvalue weighted by Gasteiger charge is -2.17. The van der Waals surface area contributed by atoms with E-state index >= 15 is 0 Å². The molecule has 0 radical (unpaired) electrons. The fourth-order valence-electron chi connectivity index (χ4n) is 1.21. The molecular weight excluding hydrogens is 202 g/mol. The molecule has 0 aromatic heterocycles. The van der Waals surface area contributed by atoms with E-state index in [1.807, 2.05) is 0 Å². The van der Waals surface area contributed by atoms with Crippen molar-refractivity contribution in [2.24, 2.45) is 5.41 Å². The number of ether oxygens (including phenoxy) is 2. The minimum absolute atomic E-state index is 0.248. The van der Waals surface area contributed by atoms with Gasteiger partial charge in [0.25, 0.3) is 0 Å². The Labute approximate surface area is 101 Å². The Morgan fingerprint density at radius 1 is 1.00 bits per heavy atom. The zero-order chi connectivity index (χ0) is 12.3. The molecule has 3 heteroatoms. The molecule has 0 bridgehead atoms. The van der Waals surface area contributed by atoms with Crippen LogP contribution in [-0.2, 0) is 9.47 Å². The summed E-state index contributed by atoms with van der Waals surface area (Å²) in [7, 11) is 0. The third-order valence-electron chi connectivity index (χ3n) is 2.07. The van der Waals surface area contributed by atoms with Crippen molar-refractivity contribution in [3.63, 3.8) is 0 Å². The second-order valence-electron chi connectivity index (χ2n) is 5.37. The summed E-state index contributed by atoms with van der Waals surface area (Å²) in [5, 5.41) is 3.25. The lowest BCUT2D eigenvalue weighted by molar-refractivity contribution is 0.0149. The van der Waals surface area contributed by atoms with Crippen LogP contribution in [0.15, 0.2) is 0 Å². The van der Waals surface area contributed by atoms with Gasteiger partial charge in [0.05, 0.1) is 26.6 Å². The molecule has 0 amide bonds. The predicted molar refractivity (Wildman–Crippen MR) is 68.6 cm³/mol. The first-order valence-electron chi connectivity index (χ1n) is 6.42. The molecule has 0 heterocycles. The highest BCUT2D eigenvalue weighted by Crippen LogP contribution is 2.12. The monoisotopic (exact) mass is 231 g/mol. The van der Waals surface area contributed by atoms with Crippen LogP contribution >= 0.6 is 0 Å². The number of nitrogens with one attached hydrogen (secondary N) is 1. The Balaban J connectivity index is 2.99. The molecule has 0 aromatic carbocycles. The summed E-state index contributed by atoms with van der Waals surface area (Å²) in [6.07, 6.45) is 3.80. The van der Waals surface area contributed by atoms with Crippen LogP contribution in [0.5, 0.6) is 0 Å². The van der Waals surface area contributed by atoms with Crippen molar-refractivity contribution in [1.82, 2.24) is 5.32 Å². The van der Waals surface area contributed by atoms with Crippen molar-refractivity contribution in [1.29, 1.82) is 0 Å². The molecule has 0 aliphatic rings. The van der Waals surface area contributed by atoms with E-state index in [1.165, 1.54) is 19.3 Å². The van der Waals surface area contributed by atoms with E-state index in [2.05, 4.69) is 33.0 Å². The Morgan fingerprint density at radius 2 is 1.69 bits per heavy atom. The van der Waals surface area contributed by atoms with E-state index in [4.69, 9.17) is 9.47 Å². The fraction of sp³-hybridized carbons (Fsp3) is 1.00. The highest BCUT2D eigenvalue weighted by molar-refractivity contribution is 4.58. The van der Waals surface area contributed by atoms with Gasteiger partial charge >= 0.3 is 0 Å². The van der Waals surface area contributed by atoms with Gasteiger partial charge in [0.15, 0.2) is 0 Å². The average molecular weight is 231 g/mol. The maximum absolute atomic E-state index is 5.49. The van der Waals surface area contributed by atoms with E-state index in [9.17, 15) is 0 Å². The van der Waals surface area contributed by atoms with E-state index in [0.717, 1.165) is 13.2 Å². The van der Waals surface area contributed by atoms with E-state index < -0.39 is 0 Å². The van der Waals surface area contributed by atoms with E-state index in [0.29, 0.717) is 19.9 Å². The van der Waals surface area contributed by atoms with Crippen LogP contribution < -0.4 is 5.32 Å². The van der Waals surface area contributed by atoms with Gasteiger partial charge in [-0.1, -0.05) is 40.5 Å². The highest BCUT2D eigenvalue weighted by Gasteiger charge is 2.09. The van der Waals surface area contributed by atoms with Crippen molar-refractivity contribution in [2.75, 3.05) is 33.1 Å². The minimum Gasteiger partial charge on any atom is -0.379 e. The van der Waals surface area contributed by atoms with Gasteiger partial charge in [-0.15, -0.1) is 0 Å². The van der Waals surface area contributed by atoms with Crippen LogP contribution in [0, 0.1) is 5.41 Å². The van der Waals surface area contributed by atoms with Gasteiger partial charge in [0, 0.05) is 0 Å². The number of unbranched alkanes of at least 4 members (excludes halogenated alkanes) is 2. The molecule has 0 atom stereocenters. The van der Waals surface area contributed by atoms with Gasteiger partial charge < -0.3 is 9.47 Å². The molecule has 0 aliphatic carbocycles. The van der Waals surface area contributed by atoms with Crippen LogP contribution in [0.25, 0.3) is 0 Å². The quantitative estimate of drug-likeness (QED) is 0.463. The molecule has 98 valence electrons. The van der Waals surface area contributed by atoms with Crippen molar-refractivity contribution in [3.8, 4) is 0 Å². The van der Waals surface area contributed by atoms with Gasteiger partial charge in [0.1, 0.15) is 0 Å². The third-order valence-corrected chi connectivity index (χ3v) is 2.07. The first kappa shape index (κ1) is 15.9. The van der Waals surface area contributed by atoms with Crippen molar-refractivity contribution in [2.45, 2.75) is 47.0 Å². The smallest absolute Gasteiger partial charge is 0.0966 e. The van der Waals surface area contributed by atoms with Gasteiger partial charge in [-0.05, 0) is 18.4 Å². The molecule has 0 saturated carbocycles. The topological polar surface area (TPSA) is 30.5 Å². The zero-order valence-corrected chi connectivity index (χ0v) is 11.5. The van der Waals surface area contributed by atoms with Gasteiger partial charge in [-0.3, -0.25) is 5.32 Å². The summed E-state index contributed by atoms with van der Waals surface area (Å²) < 4.78 is 10.9. The van der Waals surface area contributed by atoms with Crippen molar-refractivity contribution < 1.29 is 9.47 Å². The highest BCUT2D eigenvalue weighted by atomic mass is 16.5. The van der Waals surface area contributed by atoms with Crippen LogP contribution in [0.4, 0.5) is 0 Å². The largest absolute Gasteiger partial charge is 0.379 e. The van der Waals surface area contributed by atoms with E-state index in [-0.39, 0.29) is 5.41 Å². The molecule has 16 heavy (non-hydrogen) atoms. The second-order valence-corrected chi connectivity index (χ2v) is 5.37. The number of hydrogen-bond donors (Lipinski definition) is 1. The minimum atomic E-state index is 0.248. The average Bonchev–Trinajstić information content (AvgIpc) is 2.19.